The lowest BCUT2D eigenvalue weighted by atomic mass is 9.88. The minimum Gasteiger partial charge on any atom is -0.612 e. The first-order valence-corrected chi connectivity index (χ1v) is 14.8. The predicted octanol–water partition coefficient (Wildman–Crippen LogP) is 5.35. The molecule has 0 bridgehead atoms. The van der Waals surface area contributed by atoms with Crippen LogP contribution in [0.4, 0.5) is 0 Å². The van der Waals surface area contributed by atoms with Crippen molar-refractivity contribution >= 4 is 16.8 Å². The van der Waals surface area contributed by atoms with Gasteiger partial charge in [0, 0.05) is 30.5 Å². The number of benzene rings is 1. The fourth-order valence-electron chi connectivity index (χ4n) is 6.06. The summed E-state index contributed by atoms with van der Waals surface area (Å²) in [6, 6.07) is 11.1. The third-order valence-electron chi connectivity index (χ3n) is 7.94. The molecule has 1 unspecified atom stereocenters. The first-order valence-electron chi connectivity index (χ1n) is 13.3. The maximum Gasteiger partial charge on any atom is 0.152 e. The van der Waals surface area contributed by atoms with Gasteiger partial charge >= 0.3 is 0 Å². The van der Waals surface area contributed by atoms with E-state index in [0.29, 0.717) is 5.92 Å². The lowest BCUT2D eigenvalue weighted by Gasteiger charge is -2.42. The van der Waals surface area contributed by atoms with Gasteiger partial charge in [-0.05, 0) is 117 Å². The summed E-state index contributed by atoms with van der Waals surface area (Å²) in [6.45, 7) is 13.1. The number of pyridine rings is 1. The second-order valence-corrected chi connectivity index (χ2v) is 12.4. The van der Waals surface area contributed by atoms with E-state index in [0.717, 1.165) is 33.8 Å². The van der Waals surface area contributed by atoms with Crippen LogP contribution in [0.3, 0.4) is 0 Å². The van der Waals surface area contributed by atoms with Crippen LogP contribution in [0.15, 0.2) is 47.6 Å². The van der Waals surface area contributed by atoms with Crippen LogP contribution in [-0.2, 0) is 11.2 Å². The van der Waals surface area contributed by atoms with E-state index in [4.69, 9.17) is 4.98 Å². The van der Waals surface area contributed by atoms with Gasteiger partial charge in [0.15, 0.2) is 4.90 Å². The zero-order valence-electron chi connectivity index (χ0n) is 21.7. The molecule has 5 rings (SSSR count). The van der Waals surface area contributed by atoms with E-state index in [2.05, 4.69) is 53.4 Å². The molecule has 4 heterocycles. The highest BCUT2D eigenvalue weighted by molar-refractivity contribution is 7.90. The van der Waals surface area contributed by atoms with Crippen molar-refractivity contribution in [1.82, 2.24) is 19.2 Å². The van der Waals surface area contributed by atoms with E-state index >= 15 is 0 Å². The molecule has 0 aliphatic carbocycles. The Labute approximate surface area is 213 Å². The van der Waals surface area contributed by atoms with Crippen LogP contribution in [0.25, 0.3) is 16.9 Å². The summed E-state index contributed by atoms with van der Waals surface area (Å²) in [6.07, 6.45) is 11.3. The number of aryl methyl sites for hydroxylation is 1. The van der Waals surface area contributed by atoms with Crippen LogP contribution < -0.4 is 0 Å². The van der Waals surface area contributed by atoms with Gasteiger partial charge in [0.25, 0.3) is 0 Å². The van der Waals surface area contributed by atoms with Crippen LogP contribution in [0.2, 0.25) is 0 Å². The van der Waals surface area contributed by atoms with Crippen molar-refractivity contribution in [2.24, 2.45) is 5.92 Å². The Morgan fingerprint density at radius 2 is 1.69 bits per heavy atom. The van der Waals surface area contributed by atoms with E-state index in [1.807, 2.05) is 24.3 Å². The smallest absolute Gasteiger partial charge is 0.152 e. The molecule has 0 spiro atoms. The quantitative estimate of drug-likeness (QED) is 0.436. The van der Waals surface area contributed by atoms with Crippen molar-refractivity contribution < 1.29 is 4.55 Å². The minimum absolute atomic E-state index is 0.625. The lowest BCUT2D eigenvalue weighted by Crippen LogP contribution is -2.48. The number of nitrogens with zero attached hydrogens (tertiary/aromatic N) is 4. The maximum atomic E-state index is 11.7. The van der Waals surface area contributed by atoms with E-state index in [-0.39, 0.29) is 0 Å². The van der Waals surface area contributed by atoms with Gasteiger partial charge in [0.05, 0.1) is 5.69 Å². The van der Waals surface area contributed by atoms with E-state index in [1.54, 1.807) is 6.26 Å². The minimum atomic E-state index is -0.958. The summed E-state index contributed by atoms with van der Waals surface area (Å²) in [5.74, 6) is 1.39. The molecule has 2 aliphatic heterocycles. The van der Waals surface area contributed by atoms with Gasteiger partial charge in [-0.25, -0.2) is 4.98 Å². The zero-order valence-corrected chi connectivity index (χ0v) is 22.6. The molecule has 2 aromatic heterocycles. The van der Waals surface area contributed by atoms with Crippen LogP contribution >= 0.6 is 0 Å². The monoisotopic (exact) mass is 492 g/mol. The number of hydrogen-bond donors (Lipinski definition) is 0. The highest BCUT2D eigenvalue weighted by atomic mass is 32.2. The van der Waals surface area contributed by atoms with Gasteiger partial charge in [-0.15, -0.1) is 0 Å². The van der Waals surface area contributed by atoms with Gasteiger partial charge < -0.3 is 18.8 Å². The molecule has 2 aliphatic rings. The number of hydrogen-bond acceptors (Lipinski definition) is 4. The van der Waals surface area contributed by atoms with E-state index < -0.39 is 11.2 Å². The number of aromatic nitrogens is 2. The Morgan fingerprint density at radius 3 is 2.31 bits per heavy atom. The Hall–Kier alpha value is -1.86. The van der Waals surface area contributed by atoms with Crippen LogP contribution in [-0.4, -0.2) is 68.8 Å². The van der Waals surface area contributed by atoms with Crippen molar-refractivity contribution in [3.8, 4) is 11.3 Å². The fourth-order valence-corrected chi connectivity index (χ4v) is 6.58. The number of piperidine rings is 2. The molecule has 3 aromatic rings. The van der Waals surface area contributed by atoms with Crippen molar-refractivity contribution in [3.05, 3.63) is 53.9 Å². The molecule has 0 amide bonds. The van der Waals surface area contributed by atoms with Gasteiger partial charge in [-0.1, -0.05) is 19.9 Å². The zero-order chi connectivity index (χ0) is 24.5. The molecule has 0 saturated carbocycles. The molecule has 1 aromatic carbocycles. The van der Waals surface area contributed by atoms with Gasteiger partial charge in [0.1, 0.15) is 11.9 Å². The number of rotatable bonds is 6. The fraction of sp³-hybridized carbons (Fsp3) is 0.552. The third-order valence-corrected chi connectivity index (χ3v) is 8.87. The molecule has 0 N–H and O–H groups in total. The van der Waals surface area contributed by atoms with Gasteiger partial charge in [-0.3, -0.25) is 0 Å². The maximum absolute atomic E-state index is 11.7. The van der Waals surface area contributed by atoms with Crippen molar-refractivity contribution in [1.29, 1.82) is 0 Å². The Bertz CT molecular complexity index is 1120. The molecular formula is C29H40N4OS. The summed E-state index contributed by atoms with van der Waals surface area (Å²) in [5, 5.41) is 0. The molecule has 0 radical (unpaired) electrons. The topological polar surface area (TPSA) is 46.8 Å². The van der Waals surface area contributed by atoms with Gasteiger partial charge in [0.2, 0.25) is 0 Å². The lowest BCUT2D eigenvalue weighted by molar-refractivity contribution is 0.0828. The molecule has 35 heavy (non-hydrogen) atoms. The summed E-state index contributed by atoms with van der Waals surface area (Å²) < 4.78 is 13.9. The molecule has 6 heteroatoms. The van der Waals surface area contributed by atoms with Crippen molar-refractivity contribution in [3.63, 3.8) is 0 Å². The summed E-state index contributed by atoms with van der Waals surface area (Å²) in [4.78, 5) is 11.2. The van der Waals surface area contributed by atoms with E-state index in [9.17, 15) is 4.55 Å². The highest BCUT2D eigenvalue weighted by Gasteiger charge is 2.29. The Morgan fingerprint density at radius 1 is 1.00 bits per heavy atom. The molecule has 2 fully saturated rings. The van der Waals surface area contributed by atoms with Crippen LogP contribution in [0, 0.1) is 12.8 Å². The SMILES string of the molecule is Cc1cc(C2CCN(C3CCN(CC(C)C)CC3)CC2)cn2cc(-c3ccc([S+](C)[O-])cc3)nc12. The largest absolute Gasteiger partial charge is 0.612 e. The summed E-state index contributed by atoms with van der Waals surface area (Å²) >= 11 is -0.958. The van der Waals surface area contributed by atoms with Crippen LogP contribution in [0.1, 0.15) is 56.6 Å². The first-order chi connectivity index (χ1) is 16.9. The predicted molar refractivity (Wildman–Crippen MR) is 146 cm³/mol. The second kappa shape index (κ2) is 10.6. The van der Waals surface area contributed by atoms with Crippen LogP contribution in [0.5, 0.6) is 0 Å². The second-order valence-electron chi connectivity index (χ2n) is 11.0. The number of imidazole rings is 1. The average molecular weight is 493 g/mol. The van der Waals surface area contributed by atoms with Crippen molar-refractivity contribution in [2.75, 3.05) is 39.0 Å². The third kappa shape index (κ3) is 5.61. The summed E-state index contributed by atoms with van der Waals surface area (Å²) in [5.41, 5.74) is 5.74. The van der Waals surface area contributed by atoms with Crippen molar-refractivity contribution in [2.45, 2.75) is 63.3 Å². The Balaban J connectivity index is 1.24. The van der Waals surface area contributed by atoms with Gasteiger partial charge in [-0.2, -0.15) is 0 Å². The molecule has 1 atom stereocenters. The normalized spacial score (nSPS) is 20.2. The number of likely N-dealkylation sites (tertiary alicyclic amines) is 2. The highest BCUT2D eigenvalue weighted by Crippen LogP contribution is 2.32. The molecular weight excluding hydrogens is 452 g/mol. The Kier molecular flexibility index (Phi) is 7.54. The first kappa shape index (κ1) is 24.8. The average Bonchev–Trinajstić information content (AvgIpc) is 3.29. The molecule has 2 saturated heterocycles. The summed E-state index contributed by atoms with van der Waals surface area (Å²) in [7, 11) is 0. The van der Waals surface area contributed by atoms with E-state index in [1.165, 1.54) is 69.5 Å². The number of fused-ring (bicyclic) bond motifs is 1. The standard InChI is InChI=1S/C29H40N4OS/c1-21(2)18-31-13-11-26(12-14-31)32-15-9-23(10-16-32)25-17-22(3)29-30-28(20-33(29)19-25)24-5-7-27(8-6-24)35(4)34/h5-8,17,19-21,23,26H,9-16,18H2,1-4H3. The molecule has 188 valence electrons. The molecule has 5 nitrogen and oxygen atoms in total.